The lowest BCUT2D eigenvalue weighted by molar-refractivity contribution is -0.383. The largest absolute Gasteiger partial charge is 0.354 e. The van der Waals surface area contributed by atoms with Crippen molar-refractivity contribution in [2.24, 2.45) is 0 Å². The molecule has 5 rings (SSSR count). The highest BCUT2D eigenvalue weighted by molar-refractivity contribution is 6.32. The predicted octanol–water partition coefficient (Wildman–Crippen LogP) is 0.508. The van der Waals surface area contributed by atoms with Crippen molar-refractivity contribution < 1.29 is 4.92 Å². The van der Waals surface area contributed by atoms with E-state index in [4.69, 9.17) is 0 Å². The van der Waals surface area contributed by atoms with Gasteiger partial charge in [0, 0.05) is 11.5 Å². The van der Waals surface area contributed by atoms with E-state index in [1.807, 2.05) is 0 Å². The molecule has 3 N–H and O–H groups in total. The number of nitrogens with zero attached hydrogens (tertiary/aromatic N) is 1. The molecule has 0 aliphatic heterocycles. The summed E-state index contributed by atoms with van der Waals surface area (Å²) >= 11 is 0. The maximum Gasteiger partial charge on any atom is 0.279 e. The Hall–Kier alpha value is -4.08. The van der Waals surface area contributed by atoms with Crippen LogP contribution in [0.2, 0.25) is 0 Å². The van der Waals surface area contributed by atoms with E-state index in [9.17, 15) is 29.3 Å². The minimum atomic E-state index is -0.819. The molecule has 0 atom stereocenters. The van der Waals surface area contributed by atoms with Crippen molar-refractivity contribution in [1.29, 1.82) is 0 Å². The summed E-state index contributed by atoms with van der Waals surface area (Å²) in [5.74, 6) is 0. The Morgan fingerprint density at radius 3 is 1.85 bits per heavy atom. The lowest BCUT2D eigenvalue weighted by atomic mass is 10.0. The van der Waals surface area contributed by atoms with Crippen LogP contribution in [0.25, 0.3) is 43.4 Å². The van der Waals surface area contributed by atoms with E-state index in [0.717, 1.165) is 0 Å². The molecule has 0 unspecified atom stereocenters. The van der Waals surface area contributed by atoms with Crippen molar-refractivity contribution in [3.8, 4) is 0 Å². The molecule has 3 heterocycles. The summed E-state index contributed by atoms with van der Waals surface area (Å²) in [5, 5.41) is 10.9. The van der Waals surface area contributed by atoms with Crippen LogP contribution < -0.4 is 22.2 Å². The number of nitrogens with one attached hydrogen (secondary N) is 3. The average Bonchev–Trinajstić information content (AvgIpc) is 3.19. The van der Waals surface area contributed by atoms with Crippen LogP contribution in [0, 0.1) is 10.1 Å². The number of hydrogen-bond acceptors (Lipinski definition) is 6. The van der Waals surface area contributed by atoms with E-state index in [1.165, 1.54) is 12.1 Å². The first kappa shape index (κ1) is 14.3. The summed E-state index contributed by atoms with van der Waals surface area (Å²) in [6, 6.07) is 4.26. The van der Waals surface area contributed by atoms with Crippen LogP contribution in [0.4, 0.5) is 5.69 Å². The minimum absolute atomic E-state index is 0.0780. The molecular formula is C16H6N4O6. The van der Waals surface area contributed by atoms with Crippen molar-refractivity contribution in [2.75, 3.05) is 0 Å². The lowest BCUT2D eigenvalue weighted by Gasteiger charge is -1.97. The monoisotopic (exact) mass is 350 g/mol. The van der Waals surface area contributed by atoms with Gasteiger partial charge in [0.25, 0.3) is 27.9 Å². The van der Waals surface area contributed by atoms with Gasteiger partial charge in [0.2, 0.25) is 0 Å². The predicted molar refractivity (Wildman–Crippen MR) is 93.6 cm³/mol. The second kappa shape index (κ2) is 4.30. The molecule has 0 fully saturated rings. The molecule has 10 nitrogen and oxygen atoms in total. The molecule has 0 aliphatic rings. The number of benzene rings is 2. The SMILES string of the molecule is O=c1[nH]c(=O)c2c1c1[nH]c3cccc([N+](=O)[O-])c3c1c1c(=O)[nH]c(=O)c21. The summed E-state index contributed by atoms with van der Waals surface area (Å²) in [7, 11) is 0. The number of fused-ring (bicyclic) bond motifs is 8. The smallest absolute Gasteiger partial charge is 0.279 e. The first-order valence-corrected chi connectivity index (χ1v) is 7.40. The highest BCUT2D eigenvalue weighted by Gasteiger charge is 2.26. The zero-order valence-electron chi connectivity index (χ0n) is 12.6. The van der Waals surface area contributed by atoms with E-state index in [-0.39, 0.29) is 43.5 Å². The number of hydrogen-bond donors (Lipinski definition) is 3. The van der Waals surface area contributed by atoms with Gasteiger partial charge in [0.15, 0.2) is 0 Å². The van der Waals surface area contributed by atoms with Gasteiger partial charge in [-0.15, -0.1) is 0 Å². The highest BCUT2D eigenvalue weighted by Crippen LogP contribution is 2.38. The quantitative estimate of drug-likeness (QED) is 0.295. The molecule has 0 spiro atoms. The molecule has 5 aromatic rings. The van der Waals surface area contributed by atoms with Gasteiger partial charge in [-0.1, -0.05) is 6.07 Å². The average molecular weight is 350 g/mol. The summed E-state index contributed by atoms with van der Waals surface area (Å²) in [6.07, 6.45) is 0. The van der Waals surface area contributed by atoms with Gasteiger partial charge >= 0.3 is 0 Å². The summed E-state index contributed by atoms with van der Waals surface area (Å²) < 4.78 is 0. The minimum Gasteiger partial charge on any atom is -0.354 e. The van der Waals surface area contributed by atoms with Crippen molar-refractivity contribution in [3.05, 3.63) is 69.7 Å². The third-order valence-corrected chi connectivity index (χ3v) is 4.61. The van der Waals surface area contributed by atoms with Crippen LogP contribution in [0.15, 0.2) is 37.4 Å². The number of rotatable bonds is 1. The maximum atomic E-state index is 12.4. The number of H-pyrrole nitrogens is 3. The van der Waals surface area contributed by atoms with Crippen molar-refractivity contribution in [1.82, 2.24) is 15.0 Å². The first-order chi connectivity index (χ1) is 12.4. The highest BCUT2D eigenvalue weighted by atomic mass is 16.6. The van der Waals surface area contributed by atoms with Crippen molar-refractivity contribution >= 4 is 49.0 Å². The number of aromatic amines is 3. The van der Waals surface area contributed by atoms with Crippen molar-refractivity contribution in [2.45, 2.75) is 0 Å². The fourth-order valence-electron chi connectivity index (χ4n) is 3.68. The van der Waals surface area contributed by atoms with E-state index >= 15 is 0 Å². The van der Waals surface area contributed by atoms with Gasteiger partial charge < -0.3 is 4.98 Å². The molecule has 2 aromatic carbocycles. The molecule has 0 amide bonds. The summed E-state index contributed by atoms with van der Waals surface area (Å²) in [6.45, 7) is 0. The molecule has 0 bridgehead atoms. The van der Waals surface area contributed by atoms with Gasteiger partial charge in [-0.2, -0.15) is 0 Å². The zero-order valence-corrected chi connectivity index (χ0v) is 12.6. The molecule has 0 saturated carbocycles. The first-order valence-electron chi connectivity index (χ1n) is 7.40. The van der Waals surface area contributed by atoms with Gasteiger partial charge in [0.05, 0.1) is 42.9 Å². The van der Waals surface area contributed by atoms with Crippen LogP contribution >= 0.6 is 0 Å². The fraction of sp³-hybridized carbons (Fsp3) is 0. The standard InChI is InChI=1S/C16H6N4O6/c21-13-8-7-6-4(2-1-3-5(6)20(25)26)17-12(7)11-10(9(8)14(22)18-13)15(23)19-16(11)24/h1-3,17H,(H,18,21,22)(H,19,23,24). The second-order valence-electron chi connectivity index (χ2n) is 5.90. The third-order valence-electron chi connectivity index (χ3n) is 4.61. The van der Waals surface area contributed by atoms with Crippen LogP contribution in [0.5, 0.6) is 0 Å². The number of non-ortho nitro benzene ring substituents is 1. The Labute approximate surface area is 139 Å². The zero-order chi connectivity index (χ0) is 18.3. The summed E-state index contributed by atoms with van der Waals surface area (Å²) in [4.78, 5) is 67.0. The van der Waals surface area contributed by atoms with Gasteiger partial charge in [-0.25, -0.2) is 0 Å². The Morgan fingerprint density at radius 1 is 0.692 bits per heavy atom. The topological polar surface area (TPSA) is 159 Å². The Balaban J connectivity index is 2.35. The molecule has 0 radical (unpaired) electrons. The normalized spacial score (nSPS) is 12.0. The lowest BCUT2D eigenvalue weighted by Crippen LogP contribution is -2.08. The van der Waals surface area contributed by atoms with Gasteiger partial charge in [-0.05, 0) is 6.07 Å². The molecular weight excluding hydrogens is 344 g/mol. The van der Waals surface area contributed by atoms with E-state index in [2.05, 4.69) is 15.0 Å². The van der Waals surface area contributed by atoms with Crippen LogP contribution in [-0.2, 0) is 0 Å². The number of nitro benzene ring substituents is 1. The van der Waals surface area contributed by atoms with E-state index in [1.54, 1.807) is 6.07 Å². The molecule has 0 aliphatic carbocycles. The Morgan fingerprint density at radius 2 is 1.23 bits per heavy atom. The van der Waals surface area contributed by atoms with Crippen molar-refractivity contribution in [3.63, 3.8) is 0 Å². The Kier molecular flexibility index (Phi) is 2.36. The van der Waals surface area contributed by atoms with Gasteiger partial charge in [0.1, 0.15) is 0 Å². The van der Waals surface area contributed by atoms with Crippen LogP contribution in [-0.4, -0.2) is 19.9 Å². The summed E-state index contributed by atoms with van der Waals surface area (Å²) in [5.41, 5.74) is -2.99. The van der Waals surface area contributed by atoms with E-state index < -0.39 is 27.2 Å². The third kappa shape index (κ3) is 1.46. The maximum absolute atomic E-state index is 12.4. The fourth-order valence-corrected chi connectivity index (χ4v) is 3.68. The Bertz CT molecular complexity index is 1640. The van der Waals surface area contributed by atoms with E-state index in [0.29, 0.717) is 5.52 Å². The molecule has 3 aromatic heterocycles. The van der Waals surface area contributed by atoms with Gasteiger partial charge in [-0.3, -0.25) is 39.3 Å². The van der Waals surface area contributed by atoms with Crippen LogP contribution in [0.3, 0.4) is 0 Å². The molecule has 0 saturated heterocycles. The van der Waals surface area contributed by atoms with Crippen LogP contribution in [0.1, 0.15) is 0 Å². The number of nitro groups is 1. The second-order valence-corrected chi connectivity index (χ2v) is 5.90. The molecule has 126 valence electrons. The number of aromatic nitrogens is 3. The molecule has 10 heteroatoms. The molecule has 26 heavy (non-hydrogen) atoms.